The summed E-state index contributed by atoms with van der Waals surface area (Å²) in [5, 5.41) is 0.399. The van der Waals surface area contributed by atoms with E-state index in [1.54, 1.807) is 0 Å². The molecule has 1 heterocycles. The maximum absolute atomic E-state index is 13.1. The van der Waals surface area contributed by atoms with Gasteiger partial charge >= 0.3 is 12.1 Å². The summed E-state index contributed by atoms with van der Waals surface area (Å²) in [4.78, 5) is 27.0. The van der Waals surface area contributed by atoms with Crippen molar-refractivity contribution < 1.29 is 37.0 Å². The van der Waals surface area contributed by atoms with E-state index in [0.717, 1.165) is 12.1 Å². The summed E-state index contributed by atoms with van der Waals surface area (Å²) >= 11 is 5.90. The van der Waals surface area contributed by atoms with Gasteiger partial charge in [0.1, 0.15) is 5.75 Å². The van der Waals surface area contributed by atoms with Crippen LogP contribution in [0.2, 0.25) is 5.02 Å². The number of alkyl halides is 3. The number of rotatable bonds is 6. The van der Waals surface area contributed by atoms with Crippen molar-refractivity contribution in [3.8, 4) is 5.75 Å². The van der Waals surface area contributed by atoms with Crippen molar-refractivity contribution in [3.63, 3.8) is 0 Å². The summed E-state index contributed by atoms with van der Waals surface area (Å²) < 4.78 is 55.3. The number of nitrogens with zero attached hydrogens (tertiary/aromatic N) is 1. The summed E-state index contributed by atoms with van der Waals surface area (Å²) in [7, 11) is 0. The van der Waals surface area contributed by atoms with E-state index in [1.807, 2.05) is 0 Å². The standard InChI is InChI=1S/C22H21ClF3NO5/c1-14(20(28)27-9-11-30-12-10-27)31-21(29)19(15-5-7-17(23)8-6-15)32-18-4-2-3-16(13-18)22(24,25)26/h2-8,13-14,19H,9-12H2,1H3/t14?,19-/m1/s1. The average molecular weight is 472 g/mol. The van der Waals surface area contributed by atoms with Crippen molar-refractivity contribution in [1.29, 1.82) is 0 Å². The molecule has 0 bridgehead atoms. The lowest BCUT2D eigenvalue weighted by molar-refractivity contribution is -0.166. The molecular formula is C22H21ClF3NO5. The minimum absolute atomic E-state index is 0.177. The van der Waals surface area contributed by atoms with Crippen LogP contribution in [-0.2, 0) is 25.2 Å². The number of hydrogen-bond donors (Lipinski definition) is 0. The molecular weight excluding hydrogens is 451 g/mol. The molecule has 0 spiro atoms. The Kier molecular flexibility index (Phi) is 7.63. The molecule has 1 saturated heterocycles. The molecule has 172 valence electrons. The smallest absolute Gasteiger partial charge is 0.416 e. The van der Waals surface area contributed by atoms with Crippen molar-refractivity contribution in [2.45, 2.75) is 25.3 Å². The Morgan fingerprint density at radius 3 is 2.38 bits per heavy atom. The van der Waals surface area contributed by atoms with Gasteiger partial charge in [-0.25, -0.2) is 4.79 Å². The number of ether oxygens (including phenoxy) is 3. The summed E-state index contributed by atoms with van der Waals surface area (Å²) in [5.74, 6) is -1.49. The Bertz CT molecular complexity index is 945. The normalized spacial score (nSPS) is 16.2. The lowest BCUT2D eigenvalue weighted by atomic mass is 10.1. The van der Waals surface area contributed by atoms with Crippen LogP contribution >= 0.6 is 11.6 Å². The first kappa shape index (κ1) is 23.9. The summed E-state index contributed by atoms with van der Waals surface area (Å²) in [6.07, 6.45) is -7.09. The fraction of sp³-hybridized carbons (Fsp3) is 0.364. The van der Waals surface area contributed by atoms with Gasteiger partial charge in [0.2, 0.25) is 6.10 Å². The van der Waals surface area contributed by atoms with Crippen LogP contribution in [0.5, 0.6) is 5.75 Å². The van der Waals surface area contributed by atoms with Crippen LogP contribution in [0, 0.1) is 0 Å². The lowest BCUT2D eigenvalue weighted by Gasteiger charge is -2.29. The van der Waals surface area contributed by atoms with Gasteiger partial charge < -0.3 is 19.1 Å². The monoisotopic (exact) mass is 471 g/mol. The second-order valence-electron chi connectivity index (χ2n) is 7.09. The zero-order valence-electron chi connectivity index (χ0n) is 17.1. The van der Waals surface area contributed by atoms with Crippen LogP contribution in [0.15, 0.2) is 48.5 Å². The van der Waals surface area contributed by atoms with Crippen LogP contribution in [0.1, 0.15) is 24.2 Å². The minimum atomic E-state index is -4.57. The predicted molar refractivity (Wildman–Crippen MR) is 109 cm³/mol. The zero-order chi connectivity index (χ0) is 23.3. The van der Waals surface area contributed by atoms with E-state index in [0.29, 0.717) is 36.9 Å². The van der Waals surface area contributed by atoms with Crippen molar-refractivity contribution in [1.82, 2.24) is 4.90 Å². The highest BCUT2D eigenvalue weighted by Gasteiger charge is 2.33. The Labute approximate surface area is 187 Å². The van der Waals surface area contributed by atoms with E-state index in [2.05, 4.69) is 0 Å². The third kappa shape index (κ3) is 6.14. The second kappa shape index (κ2) is 10.2. The minimum Gasteiger partial charge on any atom is -0.474 e. The first-order valence-corrected chi connectivity index (χ1v) is 10.2. The third-order valence-electron chi connectivity index (χ3n) is 4.77. The molecule has 2 aromatic carbocycles. The number of halogens is 4. The maximum atomic E-state index is 13.1. The molecule has 0 N–H and O–H groups in total. The third-order valence-corrected chi connectivity index (χ3v) is 5.02. The molecule has 2 aromatic rings. The molecule has 6 nitrogen and oxygen atoms in total. The summed E-state index contributed by atoms with van der Waals surface area (Å²) in [5.41, 5.74) is -0.614. The van der Waals surface area contributed by atoms with Gasteiger partial charge in [0.25, 0.3) is 5.91 Å². The van der Waals surface area contributed by atoms with E-state index in [9.17, 15) is 22.8 Å². The number of esters is 1. The van der Waals surface area contributed by atoms with Crippen molar-refractivity contribution in [2.75, 3.05) is 26.3 Å². The molecule has 0 aliphatic carbocycles. The average Bonchev–Trinajstić information content (AvgIpc) is 2.78. The molecule has 1 aliphatic heterocycles. The quantitative estimate of drug-likeness (QED) is 0.589. The molecule has 10 heteroatoms. The fourth-order valence-electron chi connectivity index (χ4n) is 3.10. The molecule has 1 amide bonds. The number of carbonyl (C=O) groups is 2. The van der Waals surface area contributed by atoms with Gasteiger partial charge in [0.05, 0.1) is 18.8 Å². The number of morpholine rings is 1. The number of benzene rings is 2. The van der Waals surface area contributed by atoms with E-state index in [1.165, 1.54) is 48.2 Å². The Hall–Kier alpha value is -2.78. The molecule has 1 aliphatic rings. The SMILES string of the molecule is CC(OC(=O)[C@H](Oc1cccc(C(F)(F)F)c1)c1ccc(Cl)cc1)C(=O)N1CCOCC1. The van der Waals surface area contributed by atoms with Crippen LogP contribution in [0.4, 0.5) is 13.2 Å². The molecule has 0 radical (unpaired) electrons. The topological polar surface area (TPSA) is 65.1 Å². The highest BCUT2D eigenvalue weighted by Crippen LogP contribution is 2.33. The molecule has 0 aromatic heterocycles. The van der Waals surface area contributed by atoms with Crippen LogP contribution in [0.3, 0.4) is 0 Å². The number of amides is 1. The molecule has 2 atom stereocenters. The molecule has 3 rings (SSSR count). The molecule has 1 fully saturated rings. The first-order valence-electron chi connectivity index (χ1n) is 9.81. The van der Waals surface area contributed by atoms with Gasteiger partial charge in [-0.2, -0.15) is 13.2 Å². The highest BCUT2D eigenvalue weighted by atomic mass is 35.5. The number of hydrogen-bond acceptors (Lipinski definition) is 5. The van der Waals surface area contributed by atoms with Gasteiger partial charge in [-0.1, -0.05) is 29.8 Å². The van der Waals surface area contributed by atoms with E-state index in [4.69, 9.17) is 25.8 Å². The van der Waals surface area contributed by atoms with E-state index in [-0.39, 0.29) is 5.75 Å². The van der Waals surface area contributed by atoms with Crippen molar-refractivity contribution in [2.24, 2.45) is 0 Å². The van der Waals surface area contributed by atoms with Gasteiger partial charge in [-0.15, -0.1) is 0 Å². The maximum Gasteiger partial charge on any atom is 0.416 e. The van der Waals surface area contributed by atoms with Crippen LogP contribution < -0.4 is 4.74 Å². The predicted octanol–water partition coefficient (Wildman–Crippen LogP) is 4.27. The highest BCUT2D eigenvalue weighted by molar-refractivity contribution is 6.30. The Morgan fingerprint density at radius 1 is 1.09 bits per heavy atom. The largest absolute Gasteiger partial charge is 0.474 e. The summed E-state index contributed by atoms with van der Waals surface area (Å²) in [6, 6.07) is 10.2. The second-order valence-corrected chi connectivity index (χ2v) is 7.53. The first-order chi connectivity index (χ1) is 15.1. The molecule has 1 unspecified atom stereocenters. The van der Waals surface area contributed by atoms with Gasteiger partial charge in [0.15, 0.2) is 6.10 Å². The molecule has 0 saturated carbocycles. The van der Waals surface area contributed by atoms with Crippen LogP contribution in [0.25, 0.3) is 0 Å². The number of carbonyl (C=O) groups excluding carboxylic acids is 2. The van der Waals surface area contributed by atoms with Crippen molar-refractivity contribution in [3.05, 3.63) is 64.7 Å². The summed E-state index contributed by atoms with van der Waals surface area (Å²) in [6.45, 7) is 2.96. The van der Waals surface area contributed by atoms with Crippen LogP contribution in [-0.4, -0.2) is 49.2 Å². The van der Waals surface area contributed by atoms with E-state index >= 15 is 0 Å². The van der Waals surface area contributed by atoms with E-state index < -0.39 is 35.8 Å². The lowest BCUT2D eigenvalue weighted by Crippen LogP contribution is -2.46. The molecule has 32 heavy (non-hydrogen) atoms. The zero-order valence-corrected chi connectivity index (χ0v) is 17.9. The van der Waals surface area contributed by atoms with Gasteiger partial charge in [-0.3, -0.25) is 4.79 Å². The fourth-order valence-corrected chi connectivity index (χ4v) is 3.22. The van der Waals surface area contributed by atoms with Crippen molar-refractivity contribution >= 4 is 23.5 Å². The van der Waals surface area contributed by atoms with Gasteiger partial charge in [-0.05, 0) is 37.3 Å². The Balaban J connectivity index is 1.80. The Morgan fingerprint density at radius 2 is 1.75 bits per heavy atom. The van der Waals surface area contributed by atoms with Gasteiger partial charge in [0, 0.05) is 23.7 Å².